The number of hydrogen-bond acceptors (Lipinski definition) is 6. The van der Waals surface area contributed by atoms with Crippen molar-refractivity contribution in [3.63, 3.8) is 0 Å². The first kappa shape index (κ1) is 15.6. The molecule has 1 aromatic heterocycles. The number of nitrogens with zero attached hydrogens (tertiary/aromatic N) is 3. The Hall–Kier alpha value is -1.83. The van der Waals surface area contributed by atoms with Gasteiger partial charge in [-0.15, -0.1) is 0 Å². The first-order valence-corrected chi connectivity index (χ1v) is 8.68. The number of rotatable bonds is 3. The third-order valence-electron chi connectivity index (χ3n) is 3.75. The average molecular weight is 312 g/mol. The number of nitrogen functional groups attached to an aromatic ring is 1. The molecule has 0 saturated carbocycles. The van der Waals surface area contributed by atoms with Crippen LogP contribution < -0.4 is 10.6 Å². The lowest BCUT2D eigenvalue weighted by Gasteiger charge is -2.37. The van der Waals surface area contributed by atoms with Crippen LogP contribution in [0, 0.1) is 0 Å². The Kier molecular flexibility index (Phi) is 4.36. The fourth-order valence-electron chi connectivity index (χ4n) is 2.30. The highest BCUT2D eigenvalue weighted by atomic mass is 32.2. The number of amides is 1. The minimum absolute atomic E-state index is 0.333. The maximum Gasteiger partial charge on any atom is 0.240 e. The maximum absolute atomic E-state index is 12.1. The van der Waals surface area contributed by atoms with E-state index in [1.165, 1.54) is 6.92 Å². The van der Waals surface area contributed by atoms with Gasteiger partial charge in [0.05, 0.1) is 17.6 Å². The first-order valence-electron chi connectivity index (χ1n) is 6.73. The van der Waals surface area contributed by atoms with E-state index in [1.54, 1.807) is 17.3 Å². The molecule has 0 radical (unpaired) electrons. The first-order chi connectivity index (χ1) is 9.80. The van der Waals surface area contributed by atoms with Crippen LogP contribution in [0.25, 0.3) is 0 Å². The molecule has 1 unspecified atom stereocenters. The molecule has 0 bridgehead atoms. The van der Waals surface area contributed by atoms with E-state index in [9.17, 15) is 13.2 Å². The van der Waals surface area contributed by atoms with E-state index in [4.69, 9.17) is 5.73 Å². The lowest BCUT2D eigenvalue weighted by Crippen LogP contribution is -2.52. The molecule has 0 spiro atoms. The third-order valence-corrected chi connectivity index (χ3v) is 5.24. The van der Waals surface area contributed by atoms with Crippen LogP contribution in [0.2, 0.25) is 0 Å². The summed E-state index contributed by atoms with van der Waals surface area (Å²) in [6, 6.07) is 1.84. The SMILES string of the molecule is CC(C(=O)N1CCN(c2ccncc2N)CC1)S(C)(=O)=O. The molecule has 1 saturated heterocycles. The van der Waals surface area contributed by atoms with Crippen molar-refractivity contribution in [3.8, 4) is 0 Å². The molecule has 1 aliphatic heterocycles. The summed E-state index contributed by atoms with van der Waals surface area (Å²) < 4.78 is 22.9. The Bertz CT molecular complexity index is 624. The molecule has 1 aromatic rings. The van der Waals surface area contributed by atoms with Crippen molar-refractivity contribution in [2.45, 2.75) is 12.2 Å². The van der Waals surface area contributed by atoms with Gasteiger partial charge < -0.3 is 15.5 Å². The van der Waals surface area contributed by atoms with Crippen molar-refractivity contribution in [1.82, 2.24) is 9.88 Å². The summed E-state index contributed by atoms with van der Waals surface area (Å²) >= 11 is 0. The number of pyridine rings is 1. The van der Waals surface area contributed by atoms with Gasteiger partial charge in [0.1, 0.15) is 5.25 Å². The van der Waals surface area contributed by atoms with E-state index in [-0.39, 0.29) is 5.91 Å². The number of anilines is 2. The molecular weight excluding hydrogens is 292 g/mol. The second-order valence-corrected chi connectivity index (χ2v) is 7.58. The number of nitrogens with two attached hydrogens (primary N) is 1. The number of piperazine rings is 1. The highest BCUT2D eigenvalue weighted by molar-refractivity contribution is 7.92. The van der Waals surface area contributed by atoms with Crippen LogP contribution >= 0.6 is 0 Å². The summed E-state index contributed by atoms with van der Waals surface area (Å²) in [5.41, 5.74) is 7.38. The largest absolute Gasteiger partial charge is 0.396 e. The van der Waals surface area contributed by atoms with Crippen LogP contribution in [0.15, 0.2) is 18.5 Å². The molecule has 1 fully saturated rings. The number of carbonyl (C=O) groups excluding carboxylic acids is 1. The molecule has 2 rings (SSSR count). The van der Waals surface area contributed by atoms with Gasteiger partial charge in [0, 0.05) is 38.6 Å². The number of sulfone groups is 1. The number of aromatic nitrogens is 1. The fraction of sp³-hybridized carbons (Fsp3) is 0.538. The second-order valence-electron chi connectivity index (χ2n) is 5.22. The monoisotopic (exact) mass is 312 g/mol. The molecule has 1 amide bonds. The summed E-state index contributed by atoms with van der Waals surface area (Å²) in [5, 5.41) is -0.991. The minimum Gasteiger partial charge on any atom is -0.396 e. The Morgan fingerprint density at radius 3 is 2.48 bits per heavy atom. The van der Waals surface area contributed by atoms with Gasteiger partial charge >= 0.3 is 0 Å². The zero-order chi connectivity index (χ0) is 15.6. The van der Waals surface area contributed by atoms with Crippen LogP contribution in [-0.4, -0.2) is 61.9 Å². The van der Waals surface area contributed by atoms with Crippen molar-refractivity contribution in [2.24, 2.45) is 0 Å². The van der Waals surface area contributed by atoms with Crippen LogP contribution in [-0.2, 0) is 14.6 Å². The van der Waals surface area contributed by atoms with E-state index in [2.05, 4.69) is 9.88 Å². The van der Waals surface area contributed by atoms with E-state index in [0.29, 0.717) is 31.9 Å². The standard InChI is InChI=1S/C13H20N4O3S/c1-10(21(2,19)20)13(18)17-7-5-16(6-8-17)12-3-4-15-9-11(12)14/h3-4,9-10H,5-8,14H2,1-2H3. The van der Waals surface area contributed by atoms with E-state index in [1.807, 2.05) is 6.07 Å². The second kappa shape index (κ2) is 5.88. The zero-order valence-corrected chi connectivity index (χ0v) is 13.0. The van der Waals surface area contributed by atoms with Crippen LogP contribution in [0.4, 0.5) is 11.4 Å². The van der Waals surface area contributed by atoms with Crippen molar-refractivity contribution >= 4 is 27.1 Å². The van der Waals surface area contributed by atoms with Crippen molar-refractivity contribution in [3.05, 3.63) is 18.5 Å². The lowest BCUT2D eigenvalue weighted by atomic mass is 10.2. The summed E-state index contributed by atoms with van der Waals surface area (Å²) in [5.74, 6) is -0.333. The molecule has 8 heteroatoms. The molecule has 7 nitrogen and oxygen atoms in total. The predicted molar refractivity (Wildman–Crippen MR) is 81.7 cm³/mol. The van der Waals surface area contributed by atoms with Gasteiger partial charge in [0.15, 0.2) is 9.84 Å². The Morgan fingerprint density at radius 2 is 1.95 bits per heavy atom. The molecule has 1 atom stereocenters. The van der Waals surface area contributed by atoms with Gasteiger partial charge in [-0.2, -0.15) is 0 Å². The zero-order valence-electron chi connectivity index (χ0n) is 12.2. The summed E-state index contributed by atoms with van der Waals surface area (Å²) in [6.07, 6.45) is 4.36. The molecular formula is C13H20N4O3S. The lowest BCUT2D eigenvalue weighted by molar-refractivity contribution is -0.130. The smallest absolute Gasteiger partial charge is 0.240 e. The molecule has 116 valence electrons. The van der Waals surface area contributed by atoms with E-state index < -0.39 is 15.1 Å². The Labute approximate surface area is 124 Å². The fourth-order valence-corrected chi connectivity index (χ4v) is 2.81. The molecule has 21 heavy (non-hydrogen) atoms. The normalized spacial score (nSPS) is 17.6. The maximum atomic E-state index is 12.1. The summed E-state index contributed by atoms with van der Waals surface area (Å²) in [4.78, 5) is 19.8. The molecule has 2 heterocycles. The van der Waals surface area contributed by atoms with E-state index >= 15 is 0 Å². The quantitative estimate of drug-likeness (QED) is 0.826. The topological polar surface area (TPSA) is 96.6 Å². The summed E-state index contributed by atoms with van der Waals surface area (Å²) in [6.45, 7) is 3.65. The average Bonchev–Trinajstić information content (AvgIpc) is 2.45. The molecule has 0 aliphatic carbocycles. The Balaban J connectivity index is 2.01. The third kappa shape index (κ3) is 3.44. The Morgan fingerprint density at radius 1 is 1.33 bits per heavy atom. The van der Waals surface area contributed by atoms with Crippen molar-refractivity contribution < 1.29 is 13.2 Å². The van der Waals surface area contributed by atoms with Gasteiger partial charge in [-0.05, 0) is 13.0 Å². The van der Waals surface area contributed by atoms with Crippen molar-refractivity contribution in [1.29, 1.82) is 0 Å². The molecule has 0 aromatic carbocycles. The van der Waals surface area contributed by atoms with Crippen LogP contribution in [0.5, 0.6) is 0 Å². The highest BCUT2D eigenvalue weighted by Crippen LogP contribution is 2.22. The van der Waals surface area contributed by atoms with Gasteiger partial charge in [-0.3, -0.25) is 9.78 Å². The van der Waals surface area contributed by atoms with Crippen molar-refractivity contribution in [2.75, 3.05) is 43.1 Å². The van der Waals surface area contributed by atoms with Gasteiger partial charge in [-0.25, -0.2) is 8.42 Å². The minimum atomic E-state index is -3.36. The van der Waals surface area contributed by atoms with Gasteiger partial charge in [0.25, 0.3) is 0 Å². The summed E-state index contributed by atoms with van der Waals surface area (Å²) in [7, 11) is -3.36. The predicted octanol–water partition coefficient (Wildman–Crippen LogP) is -0.254. The van der Waals surface area contributed by atoms with Crippen LogP contribution in [0.3, 0.4) is 0 Å². The molecule has 2 N–H and O–H groups in total. The van der Waals surface area contributed by atoms with Crippen LogP contribution in [0.1, 0.15) is 6.92 Å². The molecule has 1 aliphatic rings. The number of hydrogen-bond donors (Lipinski definition) is 1. The van der Waals surface area contributed by atoms with E-state index in [0.717, 1.165) is 11.9 Å². The number of carbonyl (C=O) groups is 1. The van der Waals surface area contributed by atoms with Gasteiger partial charge in [-0.1, -0.05) is 0 Å². The van der Waals surface area contributed by atoms with Gasteiger partial charge in [0.2, 0.25) is 5.91 Å². The highest BCUT2D eigenvalue weighted by Gasteiger charge is 2.30.